The Kier molecular flexibility index (Phi) is 4.94. The molecule has 7 heteroatoms. The molecule has 158 valence electrons. The smallest absolute Gasteiger partial charge is 0.293 e. The molecule has 2 aliphatic carbocycles. The number of aliphatic imine (C=N–C) groups is 1. The number of carbonyl (C=O) groups is 2. The standard InChI is InChI=1S/C24H25N5O2/c1-2-14-10-20(26-12-14)24(31)28-19-5-3-4-17-18(13-27-22(17)19)16-8-9-25-21(11-16)29-23(30)15-6-7-15/h3-4,8-13,15,21,25-27H,2,5-7H2,1H3,(H,29,30). The highest BCUT2D eigenvalue weighted by atomic mass is 16.2. The molecule has 1 fully saturated rings. The molecule has 0 spiro atoms. The highest BCUT2D eigenvalue weighted by molar-refractivity contribution is 6.13. The first kappa shape index (κ1) is 19.4. The number of carbonyl (C=O) groups excluding carboxylic acids is 2. The molecule has 0 bridgehead atoms. The number of nitrogens with zero attached hydrogens (tertiary/aromatic N) is 1. The minimum absolute atomic E-state index is 0.0999. The summed E-state index contributed by atoms with van der Waals surface area (Å²) in [5.41, 5.74) is 6.20. The molecule has 0 radical (unpaired) electrons. The van der Waals surface area contributed by atoms with E-state index >= 15 is 0 Å². The molecule has 7 nitrogen and oxygen atoms in total. The van der Waals surface area contributed by atoms with Gasteiger partial charge in [-0.1, -0.05) is 19.1 Å². The number of hydrogen-bond donors (Lipinski definition) is 4. The van der Waals surface area contributed by atoms with Crippen LogP contribution in [-0.4, -0.2) is 33.7 Å². The summed E-state index contributed by atoms with van der Waals surface area (Å²) < 4.78 is 0. The minimum atomic E-state index is -0.268. The third kappa shape index (κ3) is 3.91. The van der Waals surface area contributed by atoms with Crippen LogP contribution in [0.15, 0.2) is 47.9 Å². The van der Waals surface area contributed by atoms with Crippen LogP contribution in [0, 0.1) is 5.92 Å². The summed E-state index contributed by atoms with van der Waals surface area (Å²) in [5, 5.41) is 6.21. The van der Waals surface area contributed by atoms with Crippen molar-refractivity contribution in [3.63, 3.8) is 0 Å². The van der Waals surface area contributed by atoms with E-state index in [0.29, 0.717) is 12.1 Å². The van der Waals surface area contributed by atoms with E-state index in [4.69, 9.17) is 0 Å². The summed E-state index contributed by atoms with van der Waals surface area (Å²) in [6, 6.07) is 1.85. The largest absolute Gasteiger partial charge is 0.368 e. The molecule has 1 unspecified atom stereocenters. The van der Waals surface area contributed by atoms with E-state index in [1.165, 1.54) is 0 Å². The molecule has 0 aromatic carbocycles. The van der Waals surface area contributed by atoms with E-state index in [-0.39, 0.29) is 23.9 Å². The Balaban J connectivity index is 1.40. The Morgan fingerprint density at radius 3 is 2.84 bits per heavy atom. The summed E-state index contributed by atoms with van der Waals surface area (Å²) in [6.07, 6.45) is 16.9. The third-order valence-electron chi connectivity index (χ3n) is 5.86. The molecule has 5 rings (SSSR count). The Morgan fingerprint density at radius 2 is 2.06 bits per heavy atom. The van der Waals surface area contributed by atoms with Crippen molar-refractivity contribution < 1.29 is 9.59 Å². The first-order chi connectivity index (χ1) is 15.1. The lowest BCUT2D eigenvalue weighted by molar-refractivity contribution is -0.122. The van der Waals surface area contributed by atoms with Crippen LogP contribution in [0.25, 0.3) is 11.6 Å². The van der Waals surface area contributed by atoms with Gasteiger partial charge in [0.15, 0.2) is 0 Å². The van der Waals surface area contributed by atoms with Crippen molar-refractivity contribution in [3.8, 4) is 0 Å². The van der Waals surface area contributed by atoms with Crippen molar-refractivity contribution in [2.24, 2.45) is 10.9 Å². The first-order valence-corrected chi connectivity index (χ1v) is 10.7. The highest BCUT2D eigenvalue weighted by Gasteiger charge is 2.31. The maximum Gasteiger partial charge on any atom is 0.293 e. The topological polar surface area (TPSA) is 102 Å². The van der Waals surface area contributed by atoms with Gasteiger partial charge in [-0.3, -0.25) is 9.59 Å². The number of nitrogens with one attached hydrogen (secondary N) is 4. The molecule has 3 heterocycles. The predicted molar refractivity (Wildman–Crippen MR) is 120 cm³/mol. The van der Waals surface area contributed by atoms with Gasteiger partial charge in [0, 0.05) is 35.9 Å². The Labute approximate surface area is 180 Å². The number of dihydropyridines is 1. The molecule has 3 aliphatic rings. The average molecular weight is 415 g/mol. The van der Waals surface area contributed by atoms with E-state index < -0.39 is 0 Å². The molecule has 2 aromatic heterocycles. The van der Waals surface area contributed by atoms with E-state index in [1.807, 2.05) is 49.8 Å². The van der Waals surface area contributed by atoms with Crippen LogP contribution in [0.2, 0.25) is 0 Å². The van der Waals surface area contributed by atoms with Crippen LogP contribution in [0.5, 0.6) is 0 Å². The van der Waals surface area contributed by atoms with Gasteiger partial charge in [0.05, 0.1) is 11.4 Å². The summed E-state index contributed by atoms with van der Waals surface area (Å²) >= 11 is 0. The predicted octanol–water partition coefficient (Wildman–Crippen LogP) is 3.30. The summed E-state index contributed by atoms with van der Waals surface area (Å²) in [4.78, 5) is 35.5. The van der Waals surface area contributed by atoms with Gasteiger partial charge in [-0.25, -0.2) is 4.99 Å². The van der Waals surface area contributed by atoms with Crippen molar-refractivity contribution in [3.05, 3.63) is 71.0 Å². The number of aromatic amines is 2. The van der Waals surface area contributed by atoms with Crippen molar-refractivity contribution in [2.75, 3.05) is 0 Å². The van der Waals surface area contributed by atoms with Crippen LogP contribution in [0.3, 0.4) is 0 Å². The zero-order chi connectivity index (χ0) is 21.4. The van der Waals surface area contributed by atoms with Crippen molar-refractivity contribution >= 4 is 29.2 Å². The molecule has 1 aliphatic heterocycles. The van der Waals surface area contributed by atoms with E-state index in [9.17, 15) is 9.59 Å². The SMILES string of the molecule is CCc1c[nH]c(C(=O)N=C2CC=Cc3c(C4=CC(NC(=O)C5CC5)NC=C4)c[nH]c32)c1. The normalized spacial score (nSPS) is 20.9. The molecular formula is C24H25N5O2. The number of allylic oxidation sites excluding steroid dienone is 3. The van der Waals surface area contributed by atoms with Gasteiger partial charge in [0.1, 0.15) is 11.9 Å². The fourth-order valence-corrected chi connectivity index (χ4v) is 3.93. The molecule has 31 heavy (non-hydrogen) atoms. The van der Waals surface area contributed by atoms with Gasteiger partial charge < -0.3 is 20.6 Å². The fraction of sp³-hybridized carbons (Fsp3) is 0.292. The Hall–Kier alpha value is -3.61. The van der Waals surface area contributed by atoms with Crippen LogP contribution < -0.4 is 10.6 Å². The lowest BCUT2D eigenvalue weighted by Gasteiger charge is -2.21. The second-order valence-electron chi connectivity index (χ2n) is 8.12. The van der Waals surface area contributed by atoms with E-state index in [1.54, 1.807) is 0 Å². The molecule has 1 saturated carbocycles. The molecule has 1 atom stereocenters. The second-order valence-corrected chi connectivity index (χ2v) is 8.12. The Morgan fingerprint density at radius 1 is 1.19 bits per heavy atom. The quantitative estimate of drug-likeness (QED) is 0.602. The monoisotopic (exact) mass is 415 g/mol. The van der Waals surface area contributed by atoms with Crippen molar-refractivity contribution in [2.45, 2.75) is 38.8 Å². The minimum Gasteiger partial charge on any atom is -0.368 e. The maximum absolute atomic E-state index is 12.6. The Bertz CT molecular complexity index is 1160. The van der Waals surface area contributed by atoms with Crippen molar-refractivity contribution in [1.29, 1.82) is 0 Å². The molecule has 0 saturated heterocycles. The summed E-state index contributed by atoms with van der Waals surface area (Å²) in [6.45, 7) is 2.05. The van der Waals surface area contributed by atoms with Crippen LogP contribution >= 0.6 is 0 Å². The number of amides is 2. The second kappa shape index (κ2) is 7.91. The van der Waals surface area contributed by atoms with Gasteiger partial charge in [-0.05, 0) is 54.8 Å². The number of aryl methyl sites for hydroxylation is 1. The van der Waals surface area contributed by atoms with Gasteiger partial charge in [0.25, 0.3) is 5.91 Å². The van der Waals surface area contributed by atoms with Gasteiger partial charge in [-0.2, -0.15) is 0 Å². The number of rotatable bonds is 5. The lowest BCUT2D eigenvalue weighted by atomic mass is 9.95. The first-order valence-electron chi connectivity index (χ1n) is 10.7. The molecule has 2 aromatic rings. The van der Waals surface area contributed by atoms with Gasteiger partial charge in [-0.15, -0.1) is 0 Å². The van der Waals surface area contributed by atoms with Crippen LogP contribution in [0.1, 0.15) is 59.1 Å². The lowest BCUT2D eigenvalue weighted by Crippen LogP contribution is -2.43. The molecular weight excluding hydrogens is 390 g/mol. The van der Waals surface area contributed by atoms with Gasteiger partial charge in [0.2, 0.25) is 5.91 Å². The number of fused-ring (bicyclic) bond motifs is 1. The zero-order valence-corrected chi connectivity index (χ0v) is 17.4. The summed E-state index contributed by atoms with van der Waals surface area (Å²) in [5.74, 6) is -0.00399. The highest BCUT2D eigenvalue weighted by Crippen LogP contribution is 2.31. The molecule has 2 amide bonds. The van der Waals surface area contributed by atoms with E-state index in [0.717, 1.165) is 52.9 Å². The number of aromatic nitrogens is 2. The van der Waals surface area contributed by atoms with Crippen LogP contribution in [0.4, 0.5) is 0 Å². The van der Waals surface area contributed by atoms with Crippen molar-refractivity contribution in [1.82, 2.24) is 20.6 Å². The third-order valence-corrected chi connectivity index (χ3v) is 5.86. The summed E-state index contributed by atoms with van der Waals surface area (Å²) in [7, 11) is 0. The van der Waals surface area contributed by atoms with E-state index in [2.05, 4.69) is 31.7 Å². The maximum atomic E-state index is 12.6. The fourth-order valence-electron chi connectivity index (χ4n) is 3.93. The zero-order valence-electron chi connectivity index (χ0n) is 17.4. The van der Waals surface area contributed by atoms with Gasteiger partial charge >= 0.3 is 0 Å². The van der Waals surface area contributed by atoms with Crippen LogP contribution in [-0.2, 0) is 11.2 Å². The number of H-pyrrole nitrogens is 2. The average Bonchev–Trinajstić information content (AvgIpc) is 3.36. The number of hydrogen-bond acceptors (Lipinski definition) is 3. The molecule has 4 N–H and O–H groups in total.